The maximum Gasteiger partial charge on any atom is 0.323 e. The number of aliphatic hydroxyl groups is 1. The van der Waals surface area contributed by atoms with E-state index in [2.05, 4.69) is 10.6 Å². The molecule has 2 aromatic carbocycles. The van der Waals surface area contributed by atoms with Gasteiger partial charge in [0.2, 0.25) is 0 Å². The zero-order valence-electron chi connectivity index (χ0n) is 12.6. The normalized spacial score (nSPS) is 11.7. The number of rotatable bonds is 4. The minimum Gasteiger partial charge on any atom is -0.506 e. The van der Waals surface area contributed by atoms with Crippen molar-refractivity contribution in [2.75, 3.05) is 17.7 Å². The van der Waals surface area contributed by atoms with Gasteiger partial charge in [0.15, 0.2) is 0 Å². The fourth-order valence-corrected chi connectivity index (χ4v) is 2.23. The molecule has 7 heteroatoms. The highest BCUT2D eigenvalue weighted by molar-refractivity contribution is 6.32. The summed E-state index contributed by atoms with van der Waals surface area (Å²) >= 11 is 5.90. The Balaban J connectivity index is 2.14. The molecule has 0 saturated carbocycles. The van der Waals surface area contributed by atoms with Gasteiger partial charge < -0.3 is 25.6 Å². The first-order valence-corrected chi connectivity index (χ1v) is 7.21. The van der Waals surface area contributed by atoms with Crippen LogP contribution in [0.2, 0.25) is 5.02 Å². The van der Waals surface area contributed by atoms with E-state index < -0.39 is 12.1 Å². The predicted molar refractivity (Wildman–Crippen MR) is 89.4 cm³/mol. The highest BCUT2D eigenvalue weighted by Gasteiger charge is 2.14. The largest absolute Gasteiger partial charge is 0.506 e. The molecule has 0 fully saturated rings. The van der Waals surface area contributed by atoms with Crippen LogP contribution in [0.25, 0.3) is 0 Å². The number of halogens is 1. The molecule has 23 heavy (non-hydrogen) atoms. The van der Waals surface area contributed by atoms with Crippen molar-refractivity contribution in [3.63, 3.8) is 0 Å². The Morgan fingerprint density at radius 2 is 1.91 bits per heavy atom. The summed E-state index contributed by atoms with van der Waals surface area (Å²) in [5, 5.41) is 24.7. The third kappa shape index (κ3) is 4.28. The number of aromatic hydroxyl groups is 1. The van der Waals surface area contributed by atoms with E-state index >= 15 is 0 Å². The number of benzene rings is 2. The highest BCUT2D eigenvalue weighted by Crippen LogP contribution is 2.34. The predicted octanol–water partition coefficient (Wildman–Crippen LogP) is 3.75. The molecule has 0 aliphatic heterocycles. The number of carbonyl (C=O) groups excluding carboxylic acids is 1. The molecule has 2 amide bonds. The fourth-order valence-electron chi connectivity index (χ4n) is 2.01. The van der Waals surface area contributed by atoms with E-state index in [1.54, 1.807) is 24.3 Å². The number of amides is 2. The average Bonchev–Trinajstić information content (AvgIpc) is 2.50. The van der Waals surface area contributed by atoms with E-state index in [4.69, 9.17) is 16.3 Å². The number of anilines is 2. The Kier molecular flexibility index (Phi) is 5.31. The standard InChI is InChI=1S/C16H17ClN2O4/c1-9(20)13-7-11(8-14(17)15(13)21)19-16(22)18-10-4-3-5-12(6-10)23-2/h3-9,20-21H,1-2H3,(H2,18,19,22). The molecule has 1 unspecified atom stereocenters. The Bertz CT molecular complexity index is 719. The van der Waals surface area contributed by atoms with Crippen LogP contribution in [0.4, 0.5) is 16.2 Å². The second-order valence-corrected chi connectivity index (χ2v) is 5.29. The van der Waals surface area contributed by atoms with Crippen LogP contribution >= 0.6 is 11.6 Å². The average molecular weight is 337 g/mol. The van der Waals surface area contributed by atoms with E-state index in [1.165, 1.54) is 26.2 Å². The van der Waals surface area contributed by atoms with Gasteiger partial charge in [0.05, 0.1) is 18.2 Å². The number of urea groups is 1. The summed E-state index contributed by atoms with van der Waals surface area (Å²) in [6, 6.07) is 9.26. The first-order valence-electron chi connectivity index (χ1n) is 6.83. The molecule has 0 saturated heterocycles. The SMILES string of the molecule is COc1cccc(NC(=O)Nc2cc(Cl)c(O)c(C(C)O)c2)c1. The molecule has 0 bridgehead atoms. The van der Waals surface area contributed by atoms with Gasteiger partial charge in [0.25, 0.3) is 0 Å². The van der Waals surface area contributed by atoms with Crippen molar-refractivity contribution in [2.45, 2.75) is 13.0 Å². The first-order chi connectivity index (χ1) is 10.9. The van der Waals surface area contributed by atoms with Crippen LogP contribution in [0.1, 0.15) is 18.6 Å². The number of nitrogens with one attached hydrogen (secondary N) is 2. The second kappa shape index (κ2) is 7.21. The molecule has 0 aromatic heterocycles. The molecule has 122 valence electrons. The maximum atomic E-state index is 12.0. The summed E-state index contributed by atoms with van der Waals surface area (Å²) in [6.45, 7) is 1.49. The Morgan fingerprint density at radius 1 is 1.22 bits per heavy atom. The Morgan fingerprint density at radius 3 is 2.57 bits per heavy atom. The molecule has 0 spiro atoms. The maximum absolute atomic E-state index is 12.0. The number of phenols is 1. The van der Waals surface area contributed by atoms with Gasteiger partial charge >= 0.3 is 6.03 Å². The van der Waals surface area contributed by atoms with Crippen molar-refractivity contribution in [2.24, 2.45) is 0 Å². The molecule has 0 aliphatic rings. The summed E-state index contributed by atoms with van der Waals surface area (Å²) in [7, 11) is 1.54. The van der Waals surface area contributed by atoms with Crippen molar-refractivity contribution < 1.29 is 19.7 Å². The van der Waals surface area contributed by atoms with Gasteiger partial charge in [0, 0.05) is 23.0 Å². The van der Waals surface area contributed by atoms with Crippen molar-refractivity contribution in [1.82, 2.24) is 0 Å². The van der Waals surface area contributed by atoms with Gasteiger partial charge in [-0.25, -0.2) is 4.79 Å². The van der Waals surface area contributed by atoms with Crippen LogP contribution in [-0.4, -0.2) is 23.4 Å². The lowest BCUT2D eigenvalue weighted by molar-refractivity contribution is 0.195. The minimum absolute atomic E-state index is 0.0417. The first kappa shape index (κ1) is 16.9. The van der Waals surface area contributed by atoms with Crippen molar-refractivity contribution in [1.29, 1.82) is 0 Å². The van der Waals surface area contributed by atoms with Gasteiger partial charge in [-0.1, -0.05) is 17.7 Å². The molecule has 0 heterocycles. The second-order valence-electron chi connectivity index (χ2n) is 4.88. The number of carbonyl (C=O) groups is 1. The van der Waals surface area contributed by atoms with Crippen molar-refractivity contribution in [3.05, 3.63) is 47.0 Å². The lowest BCUT2D eigenvalue weighted by atomic mass is 10.1. The van der Waals surface area contributed by atoms with Crippen LogP contribution < -0.4 is 15.4 Å². The van der Waals surface area contributed by atoms with Gasteiger partial charge in [-0.15, -0.1) is 0 Å². The Hall–Kier alpha value is -2.44. The number of aliphatic hydroxyl groups excluding tert-OH is 1. The molecule has 4 N–H and O–H groups in total. The lowest BCUT2D eigenvalue weighted by Crippen LogP contribution is -2.19. The third-order valence-corrected chi connectivity index (χ3v) is 3.42. The number of hydrogen-bond acceptors (Lipinski definition) is 4. The third-order valence-electron chi connectivity index (χ3n) is 3.13. The molecule has 2 rings (SSSR count). The summed E-state index contributed by atoms with van der Waals surface area (Å²) in [5.41, 5.74) is 1.14. The smallest absolute Gasteiger partial charge is 0.323 e. The van der Waals surface area contributed by atoms with Gasteiger partial charge in [-0.3, -0.25) is 0 Å². The summed E-state index contributed by atoms with van der Waals surface area (Å²) in [6.07, 6.45) is -0.921. The van der Waals surface area contributed by atoms with Crippen molar-refractivity contribution in [3.8, 4) is 11.5 Å². The van der Waals surface area contributed by atoms with E-state index in [-0.39, 0.29) is 16.3 Å². The van der Waals surface area contributed by atoms with Crippen LogP contribution in [0.15, 0.2) is 36.4 Å². The lowest BCUT2D eigenvalue weighted by Gasteiger charge is -2.13. The molecule has 0 aliphatic carbocycles. The molecular formula is C16H17ClN2O4. The van der Waals surface area contributed by atoms with Gasteiger partial charge in [-0.05, 0) is 31.2 Å². The quantitative estimate of drug-likeness (QED) is 0.640. The van der Waals surface area contributed by atoms with E-state index in [1.807, 2.05) is 0 Å². The zero-order chi connectivity index (χ0) is 17.0. The molecule has 6 nitrogen and oxygen atoms in total. The number of methoxy groups -OCH3 is 1. The van der Waals surface area contributed by atoms with Gasteiger partial charge in [0.1, 0.15) is 11.5 Å². The number of hydrogen-bond donors (Lipinski definition) is 4. The topological polar surface area (TPSA) is 90.8 Å². The summed E-state index contributed by atoms with van der Waals surface area (Å²) in [4.78, 5) is 12.0. The van der Waals surface area contributed by atoms with Crippen LogP contribution in [0.3, 0.4) is 0 Å². The Labute approximate surface area is 138 Å². The molecule has 1 atom stereocenters. The summed E-state index contributed by atoms with van der Waals surface area (Å²) in [5.74, 6) is 0.410. The number of phenolic OH excluding ortho intramolecular Hbond substituents is 1. The summed E-state index contributed by atoms with van der Waals surface area (Å²) < 4.78 is 5.08. The monoisotopic (exact) mass is 336 g/mol. The van der Waals surface area contributed by atoms with Gasteiger partial charge in [-0.2, -0.15) is 0 Å². The van der Waals surface area contributed by atoms with E-state index in [0.717, 1.165) is 0 Å². The molecular weight excluding hydrogens is 320 g/mol. The van der Waals surface area contributed by atoms with E-state index in [0.29, 0.717) is 17.1 Å². The fraction of sp³-hybridized carbons (Fsp3) is 0.188. The zero-order valence-corrected chi connectivity index (χ0v) is 13.4. The van der Waals surface area contributed by atoms with Crippen LogP contribution in [-0.2, 0) is 0 Å². The van der Waals surface area contributed by atoms with Crippen LogP contribution in [0, 0.1) is 0 Å². The molecule has 2 aromatic rings. The molecule has 0 radical (unpaired) electrons. The van der Waals surface area contributed by atoms with Crippen LogP contribution in [0.5, 0.6) is 11.5 Å². The minimum atomic E-state index is -0.921. The van der Waals surface area contributed by atoms with Crippen molar-refractivity contribution >= 4 is 29.0 Å². The van der Waals surface area contributed by atoms with E-state index in [9.17, 15) is 15.0 Å². The highest BCUT2D eigenvalue weighted by atomic mass is 35.5. The number of ether oxygens (including phenoxy) is 1.